The molecule has 0 aliphatic carbocycles. The topological polar surface area (TPSA) is 133 Å². The van der Waals surface area contributed by atoms with Crippen LogP contribution in [0.1, 0.15) is 11.6 Å². The number of aliphatic carboxylic acids is 1. The van der Waals surface area contributed by atoms with E-state index in [1.165, 1.54) is 46.6 Å². The highest BCUT2D eigenvalue weighted by Gasteiger charge is 2.54. The van der Waals surface area contributed by atoms with E-state index in [1.54, 1.807) is 6.26 Å². The monoisotopic (exact) mass is 429 g/mol. The number of aromatic hydroxyl groups is 1. The summed E-state index contributed by atoms with van der Waals surface area (Å²) in [5.41, 5.74) is 6.28. The summed E-state index contributed by atoms with van der Waals surface area (Å²) in [4.78, 5) is 38.2. The first-order chi connectivity index (χ1) is 12.8. The van der Waals surface area contributed by atoms with Crippen molar-refractivity contribution in [2.75, 3.05) is 12.0 Å². The van der Waals surface area contributed by atoms with E-state index in [2.05, 4.69) is 5.32 Å². The van der Waals surface area contributed by atoms with Gasteiger partial charge in [0.25, 0.3) is 5.91 Å². The zero-order valence-corrected chi connectivity index (χ0v) is 16.4. The number of carboxylic acids is 1. The number of nitrogens with zero attached hydrogens (tertiary/aromatic N) is 1. The van der Waals surface area contributed by atoms with Gasteiger partial charge in [-0.25, -0.2) is 4.79 Å². The molecule has 11 heteroatoms. The molecule has 0 bridgehead atoms. The van der Waals surface area contributed by atoms with Crippen molar-refractivity contribution in [3.05, 3.63) is 39.4 Å². The van der Waals surface area contributed by atoms with Crippen molar-refractivity contribution < 1.29 is 24.6 Å². The Morgan fingerprint density at radius 2 is 2.19 bits per heavy atom. The molecular formula is C16H16ClN3O5S2. The van der Waals surface area contributed by atoms with E-state index in [1.807, 2.05) is 0 Å². The fourth-order valence-electron chi connectivity index (χ4n) is 2.86. The summed E-state index contributed by atoms with van der Waals surface area (Å²) in [6.07, 6.45) is 1.75. The number of carboxylic acid groups (broad SMARTS) is 1. The Hall–Kier alpha value is -1.88. The normalized spacial score (nSPS) is 22.8. The van der Waals surface area contributed by atoms with Crippen LogP contribution in [0.2, 0.25) is 5.02 Å². The number of phenolic OH excluding ortho intramolecular Hbond substituents is 1. The Balaban J connectivity index is 1.73. The molecule has 0 aromatic heterocycles. The summed E-state index contributed by atoms with van der Waals surface area (Å²) < 4.78 is 0. The van der Waals surface area contributed by atoms with E-state index in [-0.39, 0.29) is 16.5 Å². The average Bonchev–Trinajstić information content (AvgIpc) is 2.65. The minimum Gasteiger partial charge on any atom is -0.506 e. The number of halogens is 1. The fourth-order valence-corrected chi connectivity index (χ4v) is 5.30. The molecule has 2 aliphatic rings. The van der Waals surface area contributed by atoms with Crippen LogP contribution in [-0.4, -0.2) is 56.3 Å². The van der Waals surface area contributed by atoms with Crippen molar-refractivity contribution >= 4 is 52.9 Å². The molecular weight excluding hydrogens is 414 g/mol. The van der Waals surface area contributed by atoms with Crippen LogP contribution < -0.4 is 11.1 Å². The Labute approximate surface area is 168 Å². The summed E-state index contributed by atoms with van der Waals surface area (Å²) >= 11 is 8.50. The third kappa shape index (κ3) is 3.49. The molecule has 8 nitrogen and oxygen atoms in total. The summed E-state index contributed by atoms with van der Waals surface area (Å²) in [5, 5.41) is 21.0. The number of nitrogens with two attached hydrogens (primary N) is 1. The van der Waals surface area contributed by atoms with Crippen LogP contribution in [-0.2, 0) is 14.4 Å². The van der Waals surface area contributed by atoms with Crippen LogP contribution in [0.5, 0.6) is 5.75 Å². The van der Waals surface area contributed by atoms with Crippen LogP contribution >= 0.6 is 35.1 Å². The third-order valence-electron chi connectivity index (χ3n) is 4.29. The van der Waals surface area contributed by atoms with Crippen LogP contribution in [0.3, 0.4) is 0 Å². The summed E-state index contributed by atoms with van der Waals surface area (Å²) in [6.45, 7) is 0. The molecule has 0 radical (unpaired) electrons. The van der Waals surface area contributed by atoms with Gasteiger partial charge in [0.05, 0.1) is 5.02 Å². The number of amides is 2. The van der Waals surface area contributed by atoms with E-state index in [0.717, 1.165) is 0 Å². The molecule has 1 aromatic carbocycles. The van der Waals surface area contributed by atoms with Crippen LogP contribution in [0.4, 0.5) is 0 Å². The molecule has 144 valence electrons. The summed E-state index contributed by atoms with van der Waals surface area (Å²) in [6, 6.07) is 2.23. The second-order valence-electron chi connectivity index (χ2n) is 5.87. The Morgan fingerprint density at radius 3 is 2.78 bits per heavy atom. The first-order valence-corrected chi connectivity index (χ1v) is 10.4. The molecule has 0 saturated carbocycles. The van der Waals surface area contributed by atoms with Crippen molar-refractivity contribution in [1.29, 1.82) is 0 Å². The number of hydrogen-bond donors (Lipinski definition) is 4. The molecule has 2 amide bonds. The van der Waals surface area contributed by atoms with Crippen molar-refractivity contribution in [1.82, 2.24) is 10.2 Å². The van der Waals surface area contributed by atoms with Gasteiger partial charge in [0.2, 0.25) is 5.91 Å². The van der Waals surface area contributed by atoms with Crippen molar-refractivity contribution in [3.63, 3.8) is 0 Å². The van der Waals surface area contributed by atoms with Crippen molar-refractivity contribution in [3.8, 4) is 5.75 Å². The molecule has 3 rings (SSSR count). The van der Waals surface area contributed by atoms with Gasteiger partial charge in [-0.15, -0.1) is 23.5 Å². The van der Waals surface area contributed by atoms with E-state index in [0.29, 0.717) is 16.2 Å². The number of carbonyl (C=O) groups is 3. The van der Waals surface area contributed by atoms with Gasteiger partial charge in [0.15, 0.2) is 0 Å². The molecule has 1 unspecified atom stereocenters. The minimum absolute atomic E-state index is 0.0311. The van der Waals surface area contributed by atoms with Crippen LogP contribution in [0.15, 0.2) is 28.8 Å². The van der Waals surface area contributed by atoms with Gasteiger partial charge >= 0.3 is 5.97 Å². The predicted molar refractivity (Wildman–Crippen MR) is 103 cm³/mol. The zero-order chi connectivity index (χ0) is 19.9. The number of benzene rings is 1. The molecule has 2 heterocycles. The lowest BCUT2D eigenvalue weighted by Gasteiger charge is -2.49. The maximum Gasteiger partial charge on any atom is 0.353 e. The number of rotatable bonds is 5. The third-order valence-corrected chi connectivity index (χ3v) is 6.89. The number of fused-ring (bicyclic) bond motifs is 1. The zero-order valence-electron chi connectivity index (χ0n) is 14.0. The first-order valence-electron chi connectivity index (χ1n) is 7.75. The molecule has 0 spiro atoms. The molecule has 1 saturated heterocycles. The van der Waals surface area contributed by atoms with Gasteiger partial charge in [-0.05, 0) is 24.0 Å². The molecule has 5 N–H and O–H groups in total. The molecule has 1 aromatic rings. The lowest BCUT2D eigenvalue weighted by Crippen LogP contribution is -2.71. The van der Waals surface area contributed by atoms with E-state index >= 15 is 0 Å². The summed E-state index contributed by atoms with van der Waals surface area (Å²) in [5.74, 6) is -1.93. The number of nitrogens with one attached hydrogen (secondary N) is 1. The Kier molecular flexibility index (Phi) is 5.61. The molecule has 27 heavy (non-hydrogen) atoms. The molecule has 3 atom stereocenters. The van der Waals surface area contributed by atoms with Crippen LogP contribution in [0, 0.1) is 0 Å². The van der Waals surface area contributed by atoms with Crippen LogP contribution in [0.25, 0.3) is 0 Å². The highest BCUT2D eigenvalue weighted by atomic mass is 35.5. The lowest BCUT2D eigenvalue weighted by atomic mass is 10.0. The second-order valence-corrected chi connectivity index (χ2v) is 8.28. The summed E-state index contributed by atoms with van der Waals surface area (Å²) in [7, 11) is 0. The number of hydrogen-bond acceptors (Lipinski definition) is 7. The average molecular weight is 430 g/mol. The van der Waals surface area contributed by atoms with Gasteiger partial charge in [0, 0.05) is 10.7 Å². The standard InChI is InChI=1S/C16H16ClN3O5S2/c1-26-9-5-27-15-11(14(23)20(15)12(9)16(24)25)19-13(22)10(18)6-2-3-8(21)7(17)4-6/h2-4,10-11,15,21H,5,18H2,1H3,(H,19,22)(H,24,25)/t10?,11-,15-/m1/s1. The van der Waals surface area contributed by atoms with Crippen molar-refractivity contribution in [2.45, 2.75) is 17.5 Å². The largest absolute Gasteiger partial charge is 0.506 e. The van der Waals surface area contributed by atoms with Gasteiger partial charge in [0.1, 0.15) is 28.9 Å². The smallest absolute Gasteiger partial charge is 0.353 e. The van der Waals surface area contributed by atoms with E-state index in [9.17, 15) is 24.6 Å². The maximum atomic E-state index is 12.5. The van der Waals surface area contributed by atoms with Crippen molar-refractivity contribution in [2.24, 2.45) is 5.73 Å². The van der Waals surface area contributed by atoms with Gasteiger partial charge in [-0.3, -0.25) is 14.5 Å². The van der Waals surface area contributed by atoms with E-state index < -0.39 is 35.2 Å². The number of phenols is 1. The molecule has 1 fully saturated rings. The SMILES string of the molecule is CSC1=C(C(=O)O)N2C(=O)[C@@H](NC(=O)C(N)c3ccc(O)c(Cl)c3)[C@H]2SC1. The Bertz CT molecular complexity index is 862. The van der Waals surface area contributed by atoms with E-state index in [4.69, 9.17) is 17.3 Å². The second kappa shape index (κ2) is 7.63. The number of carbonyl (C=O) groups excluding carboxylic acids is 2. The van der Waals surface area contributed by atoms with Gasteiger partial charge in [-0.1, -0.05) is 17.7 Å². The highest BCUT2D eigenvalue weighted by Crippen LogP contribution is 2.42. The minimum atomic E-state index is -1.17. The Morgan fingerprint density at radius 1 is 1.48 bits per heavy atom. The maximum absolute atomic E-state index is 12.5. The quantitative estimate of drug-likeness (QED) is 0.511. The van der Waals surface area contributed by atoms with Gasteiger partial charge < -0.3 is 21.3 Å². The molecule has 2 aliphatic heterocycles. The number of thioether (sulfide) groups is 2. The highest BCUT2D eigenvalue weighted by molar-refractivity contribution is 8.05. The van der Waals surface area contributed by atoms with Gasteiger partial charge in [-0.2, -0.15) is 0 Å². The predicted octanol–water partition coefficient (Wildman–Crippen LogP) is 1.10. The number of β-lactam (4-membered cyclic amide) rings is 1. The lowest BCUT2D eigenvalue weighted by molar-refractivity contribution is -0.150. The fraction of sp³-hybridized carbons (Fsp3) is 0.312. The first kappa shape index (κ1) is 19.9.